The van der Waals surface area contributed by atoms with Gasteiger partial charge in [0.1, 0.15) is 79.0 Å². The van der Waals surface area contributed by atoms with Gasteiger partial charge in [0.2, 0.25) is 6.29 Å². The Hall–Kier alpha value is -1.58. The van der Waals surface area contributed by atoms with Crippen molar-refractivity contribution in [1.82, 2.24) is 0 Å². The van der Waals surface area contributed by atoms with Crippen molar-refractivity contribution in [3.05, 3.63) is 30.3 Å². The number of aliphatic hydroxyl groups is 10. The van der Waals surface area contributed by atoms with Gasteiger partial charge < -0.3 is 79.5 Å². The molecule has 3 fully saturated rings. The molecule has 16 heteroatoms. The van der Waals surface area contributed by atoms with Gasteiger partial charge in [0, 0.05) is 0 Å². The minimum atomic E-state index is -1.90. The van der Waals surface area contributed by atoms with E-state index in [1.807, 2.05) is 0 Å². The quantitative estimate of drug-likeness (QED) is 0.131. The predicted octanol–water partition coefficient (Wildman–Crippen LogP) is -5.49. The summed E-state index contributed by atoms with van der Waals surface area (Å²) in [6.45, 7) is -2.26. The highest BCUT2D eigenvalue weighted by molar-refractivity contribution is 5.21. The molecule has 3 heterocycles. The van der Waals surface area contributed by atoms with Gasteiger partial charge in [-0.15, -0.1) is 0 Å². The SMILES string of the molecule is OC[C@H]1O[C@H](O[C@H]2[C@H](O)[C@@H](O)[C@H](O[C@H]3[C@H](O)[C@@H](O)[C@H](Oc4ccccc4)O[C@@H]3CO)O[C@@H]2CO)[C@H](O)[C@@H](O)[C@@H]1O. The maximum Gasteiger partial charge on any atom is 0.229 e. The van der Waals surface area contributed by atoms with Crippen LogP contribution in [-0.4, -0.2) is 163 Å². The van der Waals surface area contributed by atoms with Crippen molar-refractivity contribution < 1.29 is 79.5 Å². The maximum atomic E-state index is 10.8. The van der Waals surface area contributed by atoms with Gasteiger partial charge in [-0.1, -0.05) is 18.2 Å². The van der Waals surface area contributed by atoms with E-state index >= 15 is 0 Å². The third kappa shape index (κ3) is 6.41. The molecular weight excluding hydrogens is 544 g/mol. The Morgan fingerprint density at radius 3 is 1.43 bits per heavy atom. The molecule has 0 radical (unpaired) electrons. The molecule has 4 rings (SSSR count). The first-order valence-corrected chi connectivity index (χ1v) is 12.7. The van der Waals surface area contributed by atoms with Gasteiger partial charge in [-0.3, -0.25) is 0 Å². The predicted molar refractivity (Wildman–Crippen MR) is 126 cm³/mol. The number of rotatable bonds is 9. The average molecular weight is 581 g/mol. The highest BCUT2D eigenvalue weighted by Crippen LogP contribution is 2.32. The molecule has 0 aromatic heterocycles. The van der Waals surface area contributed by atoms with Crippen LogP contribution in [0.1, 0.15) is 0 Å². The molecule has 3 aliphatic heterocycles. The van der Waals surface area contributed by atoms with Crippen LogP contribution in [0, 0.1) is 0 Å². The summed E-state index contributed by atoms with van der Waals surface area (Å²) in [7, 11) is 0. The molecule has 10 N–H and O–H groups in total. The summed E-state index contributed by atoms with van der Waals surface area (Å²) in [5, 5.41) is 102. The molecule has 1 aromatic carbocycles. The third-order valence-electron chi connectivity index (χ3n) is 7.07. The lowest BCUT2D eigenvalue weighted by molar-refractivity contribution is -0.376. The topological polar surface area (TPSA) is 258 Å². The molecule has 0 aliphatic carbocycles. The zero-order chi connectivity index (χ0) is 29.1. The van der Waals surface area contributed by atoms with Gasteiger partial charge in [0.25, 0.3) is 0 Å². The molecule has 0 amide bonds. The Bertz CT molecular complexity index is 904. The first kappa shape index (κ1) is 31.4. The molecule has 15 atom stereocenters. The summed E-state index contributed by atoms with van der Waals surface area (Å²) in [5.41, 5.74) is 0. The van der Waals surface area contributed by atoms with Gasteiger partial charge in [-0.2, -0.15) is 0 Å². The fourth-order valence-electron chi connectivity index (χ4n) is 4.77. The Balaban J connectivity index is 1.43. The zero-order valence-electron chi connectivity index (χ0n) is 21.1. The summed E-state index contributed by atoms with van der Waals surface area (Å²) in [6, 6.07) is 8.27. The Kier molecular flexibility index (Phi) is 10.7. The van der Waals surface area contributed by atoms with E-state index in [-0.39, 0.29) is 0 Å². The number of para-hydroxylation sites is 1. The molecule has 228 valence electrons. The molecule has 0 bridgehead atoms. The van der Waals surface area contributed by atoms with Crippen molar-refractivity contribution >= 4 is 0 Å². The standard InChI is InChI=1S/C24H36O16/c25-6-10-13(28)14(29)17(32)23(36-10)39-21-12(8-27)38-24(19(34)16(21)31)40-20-11(7-26)37-22(18(33)15(20)30)35-9-4-2-1-3-5-9/h1-5,10-34H,6-8H2/t10-,11-,12-,13-,14+,15-,16-,17-,18-,19-,20-,21-,22-,23-,24+/m1/s1. The van der Waals surface area contributed by atoms with Crippen molar-refractivity contribution in [3.63, 3.8) is 0 Å². The van der Waals surface area contributed by atoms with E-state index in [2.05, 4.69) is 0 Å². The molecule has 3 aliphatic rings. The minimum Gasteiger partial charge on any atom is -0.462 e. The van der Waals surface area contributed by atoms with E-state index in [0.29, 0.717) is 5.75 Å². The molecule has 16 nitrogen and oxygen atoms in total. The average Bonchev–Trinajstić information content (AvgIpc) is 2.96. The van der Waals surface area contributed by atoms with E-state index in [0.717, 1.165) is 0 Å². The smallest absolute Gasteiger partial charge is 0.229 e. The highest BCUT2D eigenvalue weighted by Gasteiger charge is 2.53. The van der Waals surface area contributed by atoms with Gasteiger partial charge >= 0.3 is 0 Å². The van der Waals surface area contributed by atoms with Crippen LogP contribution in [0.15, 0.2) is 30.3 Å². The fourth-order valence-corrected chi connectivity index (χ4v) is 4.77. The Morgan fingerprint density at radius 1 is 0.500 bits per heavy atom. The van der Waals surface area contributed by atoms with Crippen molar-refractivity contribution in [2.45, 2.75) is 92.1 Å². The van der Waals surface area contributed by atoms with Crippen LogP contribution in [0.4, 0.5) is 0 Å². The zero-order valence-corrected chi connectivity index (χ0v) is 21.1. The molecule has 40 heavy (non-hydrogen) atoms. The van der Waals surface area contributed by atoms with E-state index in [4.69, 9.17) is 28.4 Å². The summed E-state index contributed by atoms with van der Waals surface area (Å²) < 4.78 is 33.0. The Labute approximate surface area is 228 Å². The molecule has 3 saturated heterocycles. The van der Waals surface area contributed by atoms with E-state index < -0.39 is 112 Å². The van der Waals surface area contributed by atoms with E-state index in [1.165, 1.54) is 0 Å². The number of ether oxygens (including phenoxy) is 6. The number of benzene rings is 1. The molecule has 0 unspecified atom stereocenters. The molecule has 1 aromatic rings. The number of hydrogen-bond donors (Lipinski definition) is 10. The van der Waals surface area contributed by atoms with Crippen LogP contribution >= 0.6 is 0 Å². The monoisotopic (exact) mass is 580 g/mol. The summed E-state index contributed by atoms with van der Waals surface area (Å²) >= 11 is 0. The fraction of sp³-hybridized carbons (Fsp3) is 0.750. The lowest BCUT2D eigenvalue weighted by atomic mass is 9.96. The van der Waals surface area contributed by atoms with Crippen LogP contribution in [-0.2, 0) is 23.7 Å². The highest BCUT2D eigenvalue weighted by atomic mass is 16.8. The van der Waals surface area contributed by atoms with Crippen molar-refractivity contribution in [3.8, 4) is 5.75 Å². The number of aliphatic hydroxyl groups excluding tert-OH is 10. The first-order chi connectivity index (χ1) is 19.1. The normalized spacial score (nSPS) is 46.2. The summed E-state index contributed by atoms with van der Waals surface area (Å²) in [5.74, 6) is 0.320. The van der Waals surface area contributed by atoms with E-state index in [9.17, 15) is 51.1 Å². The first-order valence-electron chi connectivity index (χ1n) is 12.7. The van der Waals surface area contributed by atoms with Crippen LogP contribution < -0.4 is 4.74 Å². The molecule has 0 saturated carbocycles. The van der Waals surface area contributed by atoms with Crippen LogP contribution in [0.3, 0.4) is 0 Å². The Morgan fingerprint density at radius 2 is 0.925 bits per heavy atom. The second-order valence-electron chi connectivity index (χ2n) is 9.74. The lowest BCUT2D eigenvalue weighted by Crippen LogP contribution is -2.66. The van der Waals surface area contributed by atoms with E-state index in [1.54, 1.807) is 30.3 Å². The second-order valence-corrected chi connectivity index (χ2v) is 9.74. The van der Waals surface area contributed by atoms with Crippen molar-refractivity contribution in [1.29, 1.82) is 0 Å². The van der Waals surface area contributed by atoms with Gasteiger partial charge in [-0.05, 0) is 12.1 Å². The lowest BCUT2D eigenvalue weighted by Gasteiger charge is -2.48. The van der Waals surface area contributed by atoms with Gasteiger partial charge in [-0.25, -0.2) is 0 Å². The van der Waals surface area contributed by atoms with Gasteiger partial charge in [0.05, 0.1) is 19.8 Å². The minimum absolute atomic E-state index is 0.320. The van der Waals surface area contributed by atoms with Gasteiger partial charge in [0.15, 0.2) is 12.6 Å². The third-order valence-corrected chi connectivity index (χ3v) is 7.07. The molecular formula is C24H36O16. The van der Waals surface area contributed by atoms with Crippen LogP contribution in [0.5, 0.6) is 5.75 Å². The van der Waals surface area contributed by atoms with Crippen LogP contribution in [0.2, 0.25) is 0 Å². The number of hydrogen-bond acceptors (Lipinski definition) is 16. The maximum absolute atomic E-state index is 10.8. The van der Waals surface area contributed by atoms with Crippen molar-refractivity contribution in [2.24, 2.45) is 0 Å². The largest absolute Gasteiger partial charge is 0.462 e. The molecule has 0 spiro atoms. The van der Waals surface area contributed by atoms with Crippen LogP contribution in [0.25, 0.3) is 0 Å². The second kappa shape index (κ2) is 13.6. The summed E-state index contributed by atoms with van der Waals surface area (Å²) in [6.07, 6.45) is -24.4. The summed E-state index contributed by atoms with van der Waals surface area (Å²) in [4.78, 5) is 0. The van der Waals surface area contributed by atoms with Crippen molar-refractivity contribution in [2.75, 3.05) is 19.8 Å².